The molecule has 1 unspecified atom stereocenters. The summed E-state index contributed by atoms with van der Waals surface area (Å²) < 4.78 is 14.4. The van der Waals surface area contributed by atoms with Crippen molar-refractivity contribution >= 4 is 0 Å². The number of halogens is 2. The van der Waals surface area contributed by atoms with Gasteiger partial charge in [-0.3, -0.25) is 4.48 Å². The zero-order valence-corrected chi connectivity index (χ0v) is 19.1. The minimum atomic E-state index is 0. The van der Waals surface area contributed by atoms with E-state index in [9.17, 15) is 0 Å². The second kappa shape index (κ2) is 12.2. The number of likely N-dealkylation sites (tertiary alicyclic amines) is 2. The molecule has 2 aliphatic rings. The van der Waals surface area contributed by atoms with Crippen LogP contribution in [0.5, 0.6) is 0 Å². The zero-order chi connectivity index (χ0) is 15.9. The third kappa shape index (κ3) is 6.51. The van der Waals surface area contributed by atoms with Gasteiger partial charge < -0.3 is 47.9 Å². The Morgan fingerprint density at radius 3 is 1.92 bits per heavy atom. The Bertz CT molecular complexity index is 320. The maximum absolute atomic E-state index is 6.09. The highest BCUT2D eigenvalue weighted by Crippen LogP contribution is 2.24. The van der Waals surface area contributed by atoms with Crippen LogP contribution in [0.1, 0.15) is 46.5 Å². The van der Waals surface area contributed by atoms with Crippen LogP contribution in [0, 0.1) is 0 Å². The van der Waals surface area contributed by atoms with Gasteiger partial charge in [0, 0.05) is 32.6 Å². The predicted octanol–water partition coefficient (Wildman–Crippen LogP) is -3.37. The lowest BCUT2D eigenvalue weighted by Crippen LogP contribution is -3.00. The second-order valence-corrected chi connectivity index (χ2v) is 7.31. The van der Waals surface area contributed by atoms with Gasteiger partial charge in [-0.1, -0.05) is 0 Å². The largest absolute Gasteiger partial charge is 1.00 e. The summed E-state index contributed by atoms with van der Waals surface area (Å²) in [5.41, 5.74) is 0. The lowest BCUT2D eigenvalue weighted by Gasteiger charge is -2.38. The van der Waals surface area contributed by atoms with Crippen molar-refractivity contribution < 1.29 is 52.4 Å². The molecule has 6 heteroatoms. The van der Waals surface area contributed by atoms with Crippen molar-refractivity contribution in [1.82, 2.24) is 0 Å². The molecule has 2 aliphatic heterocycles. The van der Waals surface area contributed by atoms with Crippen molar-refractivity contribution in [3.8, 4) is 0 Å². The SMILES string of the molecule is CC[N+]1(CCOCCOC(C)[N+]2(CC)CCCC2)CCCC1.[Br-].[Br-]. The van der Waals surface area contributed by atoms with Gasteiger partial charge in [0.2, 0.25) is 0 Å². The van der Waals surface area contributed by atoms with Crippen LogP contribution in [0.4, 0.5) is 0 Å². The molecule has 2 rings (SSSR count). The first kappa shape index (κ1) is 24.8. The van der Waals surface area contributed by atoms with E-state index in [1.54, 1.807) is 0 Å². The summed E-state index contributed by atoms with van der Waals surface area (Å²) in [4.78, 5) is 0. The minimum absolute atomic E-state index is 0. The third-order valence-electron chi connectivity index (χ3n) is 6.34. The van der Waals surface area contributed by atoms with Crippen LogP contribution in [-0.2, 0) is 9.47 Å². The highest BCUT2D eigenvalue weighted by atomic mass is 79.9. The molecule has 146 valence electrons. The second-order valence-electron chi connectivity index (χ2n) is 7.31. The van der Waals surface area contributed by atoms with Crippen LogP contribution in [0.2, 0.25) is 0 Å². The molecule has 2 heterocycles. The lowest BCUT2D eigenvalue weighted by atomic mass is 10.3. The van der Waals surface area contributed by atoms with Gasteiger partial charge in [0.15, 0.2) is 6.23 Å². The Morgan fingerprint density at radius 2 is 1.38 bits per heavy atom. The van der Waals surface area contributed by atoms with Crippen LogP contribution in [0.25, 0.3) is 0 Å². The summed E-state index contributed by atoms with van der Waals surface area (Å²) in [5.74, 6) is 0. The molecule has 0 saturated carbocycles. The summed E-state index contributed by atoms with van der Waals surface area (Å²) in [6.07, 6.45) is 5.82. The smallest absolute Gasteiger partial charge is 0.190 e. The first-order chi connectivity index (χ1) is 10.7. The van der Waals surface area contributed by atoms with E-state index in [0.717, 1.165) is 24.3 Å². The van der Waals surface area contributed by atoms with Crippen LogP contribution in [0.15, 0.2) is 0 Å². The van der Waals surface area contributed by atoms with Gasteiger partial charge >= 0.3 is 0 Å². The van der Waals surface area contributed by atoms with E-state index in [1.807, 2.05) is 0 Å². The van der Waals surface area contributed by atoms with Gasteiger partial charge in [-0.15, -0.1) is 0 Å². The maximum atomic E-state index is 6.09. The van der Waals surface area contributed by atoms with E-state index >= 15 is 0 Å². The fourth-order valence-corrected chi connectivity index (χ4v) is 4.40. The molecule has 1 atom stereocenters. The molecular formula is C18H38Br2N2O2. The Labute approximate surface area is 170 Å². The summed E-state index contributed by atoms with van der Waals surface area (Å²) >= 11 is 0. The average Bonchev–Trinajstić information content (AvgIpc) is 3.20. The minimum Gasteiger partial charge on any atom is -1.00 e. The average molecular weight is 474 g/mol. The van der Waals surface area contributed by atoms with Crippen molar-refractivity contribution in [3.05, 3.63) is 0 Å². The molecule has 4 nitrogen and oxygen atoms in total. The molecule has 0 aromatic heterocycles. The first-order valence-electron chi connectivity index (χ1n) is 9.57. The van der Waals surface area contributed by atoms with E-state index < -0.39 is 0 Å². The molecule has 0 aromatic rings. The standard InChI is InChI=1S/C18H38N2O2.2BrH/c1-4-19(10-6-7-11-19)14-15-21-16-17-22-18(3)20(5-2)12-8-9-13-20;;/h18H,4-17H2,1-3H3;2*1H/q+2;;/p-2. The number of rotatable bonds is 10. The number of ether oxygens (including phenoxy) is 2. The van der Waals surface area contributed by atoms with Gasteiger partial charge in [0.05, 0.1) is 59.1 Å². The fraction of sp³-hybridized carbons (Fsp3) is 1.00. The van der Waals surface area contributed by atoms with Crippen molar-refractivity contribution in [2.75, 3.05) is 65.6 Å². The van der Waals surface area contributed by atoms with E-state index in [1.165, 1.54) is 76.0 Å². The molecule has 0 radical (unpaired) electrons. The molecule has 24 heavy (non-hydrogen) atoms. The van der Waals surface area contributed by atoms with Crippen LogP contribution in [0.3, 0.4) is 0 Å². The van der Waals surface area contributed by atoms with Gasteiger partial charge in [-0.05, 0) is 13.8 Å². The predicted molar refractivity (Wildman–Crippen MR) is 90.6 cm³/mol. The first-order valence-corrected chi connectivity index (χ1v) is 9.57. The maximum Gasteiger partial charge on any atom is 0.190 e. The topological polar surface area (TPSA) is 18.5 Å². The van der Waals surface area contributed by atoms with Gasteiger partial charge in [-0.2, -0.15) is 0 Å². The number of hydrogen-bond donors (Lipinski definition) is 0. The Hall–Kier alpha value is 0.800. The number of nitrogens with zero attached hydrogens (tertiary/aromatic N) is 2. The van der Waals surface area contributed by atoms with Crippen molar-refractivity contribution in [2.45, 2.75) is 52.7 Å². The molecule has 0 amide bonds. The molecule has 0 bridgehead atoms. The summed E-state index contributed by atoms with van der Waals surface area (Å²) in [7, 11) is 0. The number of likely N-dealkylation sites (N-methyl/N-ethyl adjacent to an activating group) is 1. The van der Waals surface area contributed by atoms with E-state index in [0.29, 0.717) is 6.23 Å². The Balaban J connectivity index is 0.00000264. The molecule has 0 spiro atoms. The van der Waals surface area contributed by atoms with E-state index in [-0.39, 0.29) is 34.0 Å². The van der Waals surface area contributed by atoms with Crippen molar-refractivity contribution in [1.29, 1.82) is 0 Å². The van der Waals surface area contributed by atoms with Crippen molar-refractivity contribution in [3.63, 3.8) is 0 Å². The third-order valence-corrected chi connectivity index (χ3v) is 6.34. The monoisotopic (exact) mass is 472 g/mol. The summed E-state index contributed by atoms with van der Waals surface area (Å²) in [6.45, 7) is 18.1. The molecule has 2 saturated heterocycles. The van der Waals surface area contributed by atoms with Gasteiger partial charge in [0.1, 0.15) is 6.54 Å². The lowest BCUT2D eigenvalue weighted by molar-refractivity contribution is -0.958. The van der Waals surface area contributed by atoms with Crippen LogP contribution >= 0.6 is 0 Å². The molecular weight excluding hydrogens is 436 g/mol. The molecule has 0 N–H and O–H groups in total. The molecule has 0 aliphatic carbocycles. The van der Waals surface area contributed by atoms with Crippen LogP contribution in [-0.4, -0.2) is 80.8 Å². The van der Waals surface area contributed by atoms with Crippen molar-refractivity contribution in [2.24, 2.45) is 0 Å². The van der Waals surface area contributed by atoms with Gasteiger partial charge in [-0.25, -0.2) is 0 Å². The highest BCUT2D eigenvalue weighted by Gasteiger charge is 2.36. The van der Waals surface area contributed by atoms with Crippen LogP contribution < -0.4 is 34.0 Å². The van der Waals surface area contributed by atoms with Gasteiger partial charge in [0.25, 0.3) is 0 Å². The summed E-state index contributed by atoms with van der Waals surface area (Å²) in [6, 6.07) is 0. The number of hydrogen-bond acceptors (Lipinski definition) is 2. The summed E-state index contributed by atoms with van der Waals surface area (Å²) in [5, 5.41) is 0. The van der Waals surface area contributed by atoms with E-state index in [4.69, 9.17) is 9.47 Å². The fourth-order valence-electron chi connectivity index (χ4n) is 4.40. The molecule has 0 aromatic carbocycles. The number of quaternary nitrogens is 2. The highest BCUT2D eigenvalue weighted by molar-refractivity contribution is 4.56. The Kier molecular flexibility index (Phi) is 12.6. The normalized spacial score (nSPS) is 22.6. The molecule has 2 fully saturated rings. The Morgan fingerprint density at radius 1 is 0.792 bits per heavy atom. The zero-order valence-electron chi connectivity index (χ0n) is 15.9. The van der Waals surface area contributed by atoms with E-state index in [2.05, 4.69) is 20.8 Å². The quantitative estimate of drug-likeness (QED) is 0.243.